The van der Waals surface area contributed by atoms with Crippen molar-refractivity contribution < 1.29 is 9.84 Å². The molecule has 0 aliphatic carbocycles. The highest BCUT2D eigenvalue weighted by Crippen LogP contribution is 2.26. The molecule has 2 N–H and O–H groups in total. The molecule has 0 aliphatic rings. The van der Waals surface area contributed by atoms with Gasteiger partial charge in [0.05, 0.1) is 17.7 Å². The van der Waals surface area contributed by atoms with E-state index in [1.54, 1.807) is 0 Å². The predicted octanol–water partition coefficient (Wildman–Crippen LogP) is 2.71. The van der Waals surface area contributed by atoms with Gasteiger partial charge in [0.15, 0.2) is 0 Å². The lowest BCUT2D eigenvalue weighted by atomic mass is 10.2. The molecule has 4 heteroatoms. The van der Waals surface area contributed by atoms with Crippen LogP contribution in [-0.4, -0.2) is 24.9 Å². The van der Waals surface area contributed by atoms with Crippen molar-refractivity contribution in [2.45, 2.75) is 26.3 Å². The van der Waals surface area contributed by atoms with Crippen molar-refractivity contribution in [3.05, 3.63) is 28.2 Å². The van der Waals surface area contributed by atoms with Gasteiger partial charge in [-0.25, -0.2) is 0 Å². The molecule has 0 saturated heterocycles. The molecule has 96 valence electrons. The number of halogens is 1. The summed E-state index contributed by atoms with van der Waals surface area (Å²) in [7, 11) is 0. The summed E-state index contributed by atoms with van der Waals surface area (Å²) in [6, 6.07) is 6.07. The fourth-order valence-electron chi connectivity index (χ4n) is 1.41. The maximum Gasteiger partial charge on any atom is 0.133 e. The highest BCUT2D eigenvalue weighted by Gasteiger charge is 2.02. The highest BCUT2D eigenvalue weighted by molar-refractivity contribution is 9.10. The van der Waals surface area contributed by atoms with Crippen molar-refractivity contribution in [2.24, 2.45) is 0 Å². The molecule has 17 heavy (non-hydrogen) atoms. The summed E-state index contributed by atoms with van der Waals surface area (Å²) in [6.07, 6.45) is 2.22. The summed E-state index contributed by atoms with van der Waals surface area (Å²) in [6.45, 7) is 4.45. The Kier molecular flexibility index (Phi) is 7.24. The largest absolute Gasteiger partial charge is 0.492 e. The molecule has 0 fully saturated rings. The summed E-state index contributed by atoms with van der Waals surface area (Å²) in [5, 5.41) is 11.8. The summed E-state index contributed by atoms with van der Waals surface area (Å²) in [5.41, 5.74) is 1.17. The van der Waals surface area contributed by atoms with Crippen molar-refractivity contribution in [3.63, 3.8) is 0 Å². The molecule has 0 atom stereocenters. The van der Waals surface area contributed by atoms with Crippen LogP contribution in [0.15, 0.2) is 22.7 Å². The average Bonchev–Trinajstić information content (AvgIpc) is 2.32. The number of unbranched alkanes of at least 4 members (excludes halogenated alkanes) is 1. The summed E-state index contributed by atoms with van der Waals surface area (Å²) < 4.78 is 6.63. The van der Waals surface area contributed by atoms with Crippen LogP contribution in [0.2, 0.25) is 0 Å². The smallest absolute Gasteiger partial charge is 0.133 e. The monoisotopic (exact) mass is 301 g/mol. The number of ether oxygens (including phenoxy) is 1. The third-order valence-corrected chi connectivity index (χ3v) is 2.99. The average molecular weight is 302 g/mol. The number of nitrogens with one attached hydrogen (secondary N) is 1. The van der Waals surface area contributed by atoms with Gasteiger partial charge in [0.1, 0.15) is 5.75 Å². The second kappa shape index (κ2) is 8.50. The topological polar surface area (TPSA) is 41.5 Å². The van der Waals surface area contributed by atoms with E-state index in [1.807, 2.05) is 18.2 Å². The quantitative estimate of drug-likeness (QED) is 0.726. The van der Waals surface area contributed by atoms with Gasteiger partial charge in [-0.1, -0.05) is 19.4 Å². The van der Waals surface area contributed by atoms with Crippen molar-refractivity contribution >= 4 is 15.9 Å². The molecule has 1 rings (SSSR count). The lowest BCUT2D eigenvalue weighted by Gasteiger charge is -2.09. The van der Waals surface area contributed by atoms with Crippen molar-refractivity contribution in [2.75, 3.05) is 19.8 Å². The lowest BCUT2D eigenvalue weighted by Crippen LogP contribution is -2.17. The van der Waals surface area contributed by atoms with Crippen LogP contribution < -0.4 is 10.1 Å². The molecule has 1 aromatic carbocycles. The van der Waals surface area contributed by atoms with Crippen LogP contribution in [0.1, 0.15) is 25.3 Å². The number of hydrogen-bond acceptors (Lipinski definition) is 3. The van der Waals surface area contributed by atoms with E-state index in [2.05, 4.69) is 28.2 Å². The zero-order valence-electron chi connectivity index (χ0n) is 10.2. The van der Waals surface area contributed by atoms with Crippen LogP contribution >= 0.6 is 15.9 Å². The number of aliphatic hydroxyl groups is 1. The van der Waals surface area contributed by atoms with Crippen LogP contribution in [0, 0.1) is 0 Å². The molecule has 0 aromatic heterocycles. The molecular weight excluding hydrogens is 282 g/mol. The fourth-order valence-corrected chi connectivity index (χ4v) is 1.95. The first-order valence-electron chi connectivity index (χ1n) is 6.00. The van der Waals surface area contributed by atoms with Gasteiger partial charge in [0.2, 0.25) is 0 Å². The van der Waals surface area contributed by atoms with Gasteiger partial charge < -0.3 is 15.2 Å². The normalized spacial score (nSPS) is 10.5. The van der Waals surface area contributed by atoms with Gasteiger partial charge in [0.25, 0.3) is 0 Å². The Morgan fingerprint density at radius 1 is 1.41 bits per heavy atom. The van der Waals surface area contributed by atoms with E-state index < -0.39 is 0 Å². The van der Waals surface area contributed by atoms with E-state index in [1.165, 1.54) is 5.56 Å². The summed E-state index contributed by atoms with van der Waals surface area (Å²) >= 11 is 3.51. The van der Waals surface area contributed by atoms with E-state index in [4.69, 9.17) is 9.84 Å². The Bertz CT molecular complexity index is 331. The fraction of sp³-hybridized carbons (Fsp3) is 0.538. The minimum absolute atomic E-state index is 0.166. The van der Waals surface area contributed by atoms with E-state index in [0.717, 1.165) is 36.2 Å². The van der Waals surface area contributed by atoms with Gasteiger partial charge in [0, 0.05) is 13.1 Å². The second-order valence-corrected chi connectivity index (χ2v) is 4.72. The minimum Gasteiger partial charge on any atom is -0.492 e. The lowest BCUT2D eigenvalue weighted by molar-refractivity contribution is 0.292. The van der Waals surface area contributed by atoms with Crippen LogP contribution in [0.4, 0.5) is 0 Å². The molecule has 0 heterocycles. The van der Waals surface area contributed by atoms with E-state index in [9.17, 15) is 0 Å². The number of aliphatic hydroxyl groups excluding tert-OH is 1. The maximum atomic E-state index is 8.67. The van der Waals surface area contributed by atoms with Crippen LogP contribution in [0.25, 0.3) is 0 Å². The maximum absolute atomic E-state index is 8.67. The molecule has 0 unspecified atom stereocenters. The molecule has 0 spiro atoms. The predicted molar refractivity (Wildman–Crippen MR) is 73.3 cm³/mol. The summed E-state index contributed by atoms with van der Waals surface area (Å²) in [4.78, 5) is 0. The number of hydrogen-bond donors (Lipinski definition) is 2. The third-order valence-electron chi connectivity index (χ3n) is 2.37. The molecule has 0 saturated carbocycles. The molecule has 0 aliphatic heterocycles. The van der Waals surface area contributed by atoms with Crippen molar-refractivity contribution in [3.8, 4) is 5.75 Å². The van der Waals surface area contributed by atoms with E-state index >= 15 is 0 Å². The Hall–Kier alpha value is -0.580. The Labute approximate surface area is 111 Å². The third kappa shape index (κ3) is 5.52. The van der Waals surface area contributed by atoms with Gasteiger partial charge in [-0.2, -0.15) is 0 Å². The first-order valence-corrected chi connectivity index (χ1v) is 6.80. The second-order valence-electron chi connectivity index (χ2n) is 3.87. The number of benzene rings is 1. The zero-order chi connectivity index (χ0) is 12.5. The van der Waals surface area contributed by atoms with Crippen LogP contribution in [0.3, 0.4) is 0 Å². The van der Waals surface area contributed by atoms with Gasteiger partial charge in [-0.15, -0.1) is 0 Å². The Morgan fingerprint density at radius 2 is 2.24 bits per heavy atom. The van der Waals surface area contributed by atoms with Crippen LogP contribution in [0.5, 0.6) is 5.75 Å². The Morgan fingerprint density at radius 3 is 2.88 bits per heavy atom. The molecule has 1 aromatic rings. The molecule has 0 radical (unpaired) electrons. The summed E-state index contributed by atoms with van der Waals surface area (Å²) in [5.74, 6) is 0.893. The van der Waals surface area contributed by atoms with Crippen molar-refractivity contribution in [1.29, 1.82) is 0 Å². The van der Waals surface area contributed by atoms with Gasteiger partial charge in [-0.05, 0) is 40.0 Å². The highest BCUT2D eigenvalue weighted by atomic mass is 79.9. The molecule has 0 bridgehead atoms. The van der Waals surface area contributed by atoms with Crippen LogP contribution in [-0.2, 0) is 6.54 Å². The standard InChI is InChI=1S/C13H20BrNO2/c1-2-3-8-17-13-5-4-11(9-12(13)14)10-15-6-7-16/h4-5,9,15-16H,2-3,6-8,10H2,1H3. The van der Waals surface area contributed by atoms with Gasteiger partial charge >= 0.3 is 0 Å². The minimum atomic E-state index is 0.166. The van der Waals surface area contributed by atoms with Crippen molar-refractivity contribution in [1.82, 2.24) is 5.32 Å². The van der Waals surface area contributed by atoms with E-state index in [-0.39, 0.29) is 6.61 Å². The molecule has 0 amide bonds. The molecular formula is C13H20BrNO2. The number of rotatable bonds is 8. The zero-order valence-corrected chi connectivity index (χ0v) is 11.8. The van der Waals surface area contributed by atoms with Gasteiger partial charge in [-0.3, -0.25) is 0 Å². The van der Waals surface area contributed by atoms with E-state index in [0.29, 0.717) is 6.54 Å². The first-order chi connectivity index (χ1) is 8.27. The molecule has 3 nitrogen and oxygen atoms in total. The SMILES string of the molecule is CCCCOc1ccc(CNCCO)cc1Br. The first kappa shape index (κ1) is 14.5. The Balaban J connectivity index is 2.47.